The van der Waals surface area contributed by atoms with Crippen LogP contribution in [-0.2, 0) is 9.59 Å². The van der Waals surface area contributed by atoms with Crippen molar-refractivity contribution in [3.8, 4) is 0 Å². The van der Waals surface area contributed by atoms with Gasteiger partial charge in [-0.05, 0) is 57.3 Å². The second-order valence-electron chi connectivity index (χ2n) is 6.70. The van der Waals surface area contributed by atoms with E-state index in [0.29, 0.717) is 24.5 Å². The first-order valence-electron chi connectivity index (χ1n) is 9.29. The highest BCUT2D eigenvalue weighted by atomic mass is 16.4. The topological polar surface area (TPSA) is 74.6 Å². The second kappa shape index (κ2) is 12.0. The van der Waals surface area contributed by atoms with E-state index in [9.17, 15) is 14.7 Å². The molecule has 3 atom stereocenters. The van der Waals surface area contributed by atoms with Crippen LogP contribution in [0, 0.1) is 11.8 Å². The minimum Gasteiger partial charge on any atom is -0.479 e. The molecule has 1 unspecified atom stereocenters. The molecule has 1 fully saturated rings. The summed E-state index contributed by atoms with van der Waals surface area (Å²) in [6.07, 6.45) is 16.0. The van der Waals surface area contributed by atoms with E-state index in [1.165, 1.54) is 6.42 Å². The number of ketones is 1. The van der Waals surface area contributed by atoms with Crippen LogP contribution < -0.4 is 0 Å². The van der Waals surface area contributed by atoms with E-state index in [-0.39, 0.29) is 12.3 Å². The number of hydrogen-bond donors (Lipinski definition) is 2. The number of aliphatic carboxylic acids is 1. The summed E-state index contributed by atoms with van der Waals surface area (Å²) in [5.74, 6) is -0.184. The lowest BCUT2D eigenvalue weighted by Gasteiger charge is -2.16. The summed E-state index contributed by atoms with van der Waals surface area (Å²) >= 11 is 0. The number of allylic oxidation sites excluding steroid dienone is 4. The molecule has 24 heavy (non-hydrogen) atoms. The van der Waals surface area contributed by atoms with E-state index in [1.807, 2.05) is 12.2 Å². The zero-order valence-corrected chi connectivity index (χ0v) is 14.8. The van der Waals surface area contributed by atoms with Crippen molar-refractivity contribution >= 4 is 11.8 Å². The van der Waals surface area contributed by atoms with Crippen molar-refractivity contribution in [1.29, 1.82) is 0 Å². The van der Waals surface area contributed by atoms with Crippen LogP contribution in [0.2, 0.25) is 0 Å². The molecule has 2 N–H and O–H groups in total. The maximum atomic E-state index is 12.1. The number of aliphatic hydroxyl groups excluding tert-OH is 1. The maximum absolute atomic E-state index is 12.1. The summed E-state index contributed by atoms with van der Waals surface area (Å²) in [4.78, 5) is 22.6. The van der Waals surface area contributed by atoms with Gasteiger partial charge in [0.25, 0.3) is 0 Å². The second-order valence-corrected chi connectivity index (χ2v) is 6.70. The monoisotopic (exact) mass is 336 g/mol. The van der Waals surface area contributed by atoms with Gasteiger partial charge in [0.1, 0.15) is 5.78 Å². The fraction of sp³-hybridized carbons (Fsp3) is 0.700. The average molecular weight is 336 g/mol. The van der Waals surface area contributed by atoms with Gasteiger partial charge >= 0.3 is 5.97 Å². The number of aliphatic hydroxyl groups is 1. The third-order valence-electron chi connectivity index (χ3n) is 4.76. The Morgan fingerprint density at radius 3 is 2.62 bits per heavy atom. The largest absolute Gasteiger partial charge is 0.479 e. The lowest BCUT2D eigenvalue weighted by atomic mass is 9.88. The summed E-state index contributed by atoms with van der Waals surface area (Å²) in [6, 6.07) is 0. The molecule has 0 bridgehead atoms. The van der Waals surface area contributed by atoms with Crippen molar-refractivity contribution < 1.29 is 19.8 Å². The number of hydrogen-bond acceptors (Lipinski definition) is 3. The van der Waals surface area contributed by atoms with Crippen LogP contribution in [0.4, 0.5) is 0 Å². The van der Waals surface area contributed by atoms with Gasteiger partial charge in [0.05, 0.1) is 0 Å². The Morgan fingerprint density at radius 1 is 1.21 bits per heavy atom. The Labute approximate surface area is 145 Å². The molecule has 4 nitrogen and oxygen atoms in total. The molecular formula is C20H32O4. The highest BCUT2D eigenvalue weighted by Crippen LogP contribution is 2.35. The molecule has 4 heteroatoms. The standard InChI is InChI=1S/C20H32O4/c1-2-3-4-5-6-8-11-16-14-15-18(21)17(16)12-9-7-10-13-19(22)20(23)24/h4-5,7,9,16-17,19,22H,2-3,6,8,10-15H2,1H3,(H,23,24)/t16-,17+,19?/m0/s1. The highest BCUT2D eigenvalue weighted by molar-refractivity contribution is 5.83. The zero-order chi connectivity index (χ0) is 17.8. The molecule has 1 rings (SSSR count). The van der Waals surface area contributed by atoms with Gasteiger partial charge in [0, 0.05) is 12.3 Å². The molecule has 0 radical (unpaired) electrons. The third-order valence-corrected chi connectivity index (χ3v) is 4.76. The van der Waals surface area contributed by atoms with Gasteiger partial charge in [-0.25, -0.2) is 4.79 Å². The summed E-state index contributed by atoms with van der Waals surface area (Å²) in [5.41, 5.74) is 0. The molecule has 1 aliphatic rings. The predicted molar refractivity (Wildman–Crippen MR) is 95.8 cm³/mol. The van der Waals surface area contributed by atoms with Gasteiger partial charge in [-0.3, -0.25) is 4.79 Å². The highest BCUT2D eigenvalue weighted by Gasteiger charge is 2.32. The Balaban J connectivity index is 2.28. The van der Waals surface area contributed by atoms with E-state index < -0.39 is 12.1 Å². The van der Waals surface area contributed by atoms with E-state index in [0.717, 1.165) is 38.5 Å². The van der Waals surface area contributed by atoms with Gasteiger partial charge in [-0.1, -0.05) is 37.6 Å². The number of carboxylic acid groups (broad SMARTS) is 1. The molecule has 0 aromatic rings. The molecule has 1 saturated carbocycles. The van der Waals surface area contributed by atoms with Crippen molar-refractivity contribution in [2.24, 2.45) is 11.8 Å². The van der Waals surface area contributed by atoms with Gasteiger partial charge in [-0.15, -0.1) is 0 Å². The van der Waals surface area contributed by atoms with Gasteiger partial charge in [-0.2, -0.15) is 0 Å². The van der Waals surface area contributed by atoms with Crippen LogP contribution >= 0.6 is 0 Å². The summed E-state index contributed by atoms with van der Waals surface area (Å²) in [6.45, 7) is 2.18. The van der Waals surface area contributed by atoms with E-state index in [4.69, 9.17) is 5.11 Å². The summed E-state index contributed by atoms with van der Waals surface area (Å²) in [7, 11) is 0. The predicted octanol–water partition coefficient (Wildman–Crippen LogP) is 4.28. The number of carboxylic acids is 1. The van der Waals surface area contributed by atoms with Crippen LogP contribution in [0.15, 0.2) is 24.3 Å². The minimum atomic E-state index is -1.30. The fourth-order valence-electron chi connectivity index (χ4n) is 3.29. The van der Waals surface area contributed by atoms with Crippen LogP contribution in [0.1, 0.15) is 71.1 Å². The Kier molecular flexibility index (Phi) is 10.3. The number of unbranched alkanes of at least 4 members (excludes halogenated alkanes) is 2. The number of carbonyl (C=O) groups excluding carboxylic acids is 1. The average Bonchev–Trinajstić information content (AvgIpc) is 2.90. The smallest absolute Gasteiger partial charge is 0.332 e. The van der Waals surface area contributed by atoms with Gasteiger partial charge in [0.15, 0.2) is 6.10 Å². The molecule has 0 saturated heterocycles. The number of Topliss-reactive ketones (excluding diaryl/α,β-unsaturated/α-hetero) is 1. The van der Waals surface area contributed by atoms with E-state index >= 15 is 0 Å². The van der Waals surface area contributed by atoms with Crippen LogP contribution in [0.25, 0.3) is 0 Å². The number of carbonyl (C=O) groups is 2. The lowest BCUT2D eigenvalue weighted by Crippen LogP contribution is -2.18. The van der Waals surface area contributed by atoms with Crippen LogP contribution in [0.5, 0.6) is 0 Å². The quantitative estimate of drug-likeness (QED) is 0.412. The minimum absolute atomic E-state index is 0.130. The van der Waals surface area contributed by atoms with Crippen LogP contribution in [0.3, 0.4) is 0 Å². The fourth-order valence-corrected chi connectivity index (χ4v) is 3.29. The Hall–Kier alpha value is -1.42. The van der Waals surface area contributed by atoms with Crippen molar-refractivity contribution in [2.75, 3.05) is 0 Å². The molecule has 136 valence electrons. The molecule has 1 aliphatic carbocycles. The Bertz CT molecular complexity index is 439. The number of rotatable bonds is 12. The molecule has 0 amide bonds. The third kappa shape index (κ3) is 7.91. The summed E-state index contributed by atoms with van der Waals surface area (Å²) < 4.78 is 0. The van der Waals surface area contributed by atoms with Gasteiger partial charge in [0.2, 0.25) is 0 Å². The first-order chi connectivity index (χ1) is 11.6. The maximum Gasteiger partial charge on any atom is 0.332 e. The zero-order valence-electron chi connectivity index (χ0n) is 14.8. The van der Waals surface area contributed by atoms with Crippen LogP contribution in [-0.4, -0.2) is 28.1 Å². The molecular weight excluding hydrogens is 304 g/mol. The first-order valence-corrected chi connectivity index (χ1v) is 9.29. The SMILES string of the molecule is CCCC=CCCC[C@H]1CCC(=O)[C@@H]1CC=CCCC(O)C(=O)O. The van der Waals surface area contributed by atoms with Crippen molar-refractivity contribution in [3.05, 3.63) is 24.3 Å². The van der Waals surface area contributed by atoms with E-state index in [2.05, 4.69) is 19.1 Å². The molecule has 0 aromatic heterocycles. The van der Waals surface area contributed by atoms with Crippen molar-refractivity contribution in [2.45, 2.75) is 77.2 Å². The molecule has 0 aliphatic heterocycles. The molecule has 0 heterocycles. The first kappa shape index (κ1) is 20.6. The normalized spacial score (nSPS) is 22.7. The van der Waals surface area contributed by atoms with Crippen molar-refractivity contribution in [1.82, 2.24) is 0 Å². The lowest BCUT2D eigenvalue weighted by molar-refractivity contribution is -0.146. The molecule has 0 aromatic carbocycles. The van der Waals surface area contributed by atoms with Gasteiger partial charge < -0.3 is 10.2 Å². The summed E-state index contributed by atoms with van der Waals surface area (Å²) in [5, 5.41) is 17.8. The van der Waals surface area contributed by atoms with E-state index in [1.54, 1.807) is 0 Å². The van der Waals surface area contributed by atoms with Crippen molar-refractivity contribution in [3.63, 3.8) is 0 Å². The molecule has 0 spiro atoms. The Morgan fingerprint density at radius 2 is 1.92 bits per heavy atom.